The van der Waals surface area contributed by atoms with E-state index in [0.717, 1.165) is 13.8 Å². The zero-order chi connectivity index (χ0) is 12.6. The summed E-state index contributed by atoms with van der Waals surface area (Å²) in [6, 6.07) is 5.92. The molecule has 1 aromatic carbocycles. The lowest BCUT2D eigenvalue weighted by Crippen LogP contribution is -2.11. The quantitative estimate of drug-likeness (QED) is 0.746. The van der Waals surface area contributed by atoms with Crippen LogP contribution in [0.3, 0.4) is 0 Å². The Balaban J connectivity index is 2.42. The van der Waals surface area contributed by atoms with E-state index >= 15 is 0 Å². The number of hydrogen-bond acceptors (Lipinski definition) is 2. The van der Waals surface area contributed by atoms with Crippen LogP contribution in [0.5, 0.6) is 0 Å². The first-order chi connectivity index (χ1) is 7.99. The number of thiophene rings is 1. The predicted octanol–water partition coefficient (Wildman–Crippen LogP) is 5.11. The van der Waals surface area contributed by atoms with Gasteiger partial charge in [0.05, 0.1) is 6.04 Å². The molecule has 2 aromatic rings. The first kappa shape index (κ1) is 13.5. The second kappa shape index (κ2) is 5.36. The number of hydrogen-bond donors (Lipinski definition) is 1. The van der Waals surface area contributed by atoms with E-state index in [1.54, 1.807) is 6.07 Å². The molecule has 1 aromatic heterocycles. The molecular weight excluding hydrogens is 392 g/mol. The average Bonchev–Trinajstić information content (AvgIpc) is 2.62. The molecule has 6 heteroatoms. The smallest absolute Gasteiger partial charge is 0.123 e. The van der Waals surface area contributed by atoms with Gasteiger partial charge in [-0.2, -0.15) is 0 Å². The molecule has 1 atom stereocenters. The van der Waals surface area contributed by atoms with E-state index < -0.39 is 6.04 Å². The fourth-order valence-corrected chi connectivity index (χ4v) is 3.67. The van der Waals surface area contributed by atoms with Crippen LogP contribution in [-0.2, 0) is 0 Å². The molecule has 2 rings (SSSR count). The first-order valence-corrected chi connectivity index (χ1v) is 7.42. The van der Waals surface area contributed by atoms with Crippen LogP contribution in [-0.4, -0.2) is 0 Å². The van der Waals surface area contributed by atoms with Crippen LogP contribution >= 0.6 is 54.8 Å². The second-order valence-corrected chi connectivity index (χ2v) is 6.81. The van der Waals surface area contributed by atoms with Crippen molar-refractivity contribution in [1.29, 1.82) is 0 Å². The van der Waals surface area contributed by atoms with Crippen molar-refractivity contribution < 1.29 is 4.39 Å². The molecule has 0 saturated heterocycles. The molecule has 0 radical (unpaired) electrons. The minimum atomic E-state index is -0.395. The van der Waals surface area contributed by atoms with Crippen molar-refractivity contribution in [3.63, 3.8) is 0 Å². The molecule has 1 heterocycles. The van der Waals surface area contributed by atoms with E-state index in [4.69, 9.17) is 17.3 Å². The zero-order valence-electron chi connectivity index (χ0n) is 8.38. The van der Waals surface area contributed by atoms with Crippen LogP contribution < -0.4 is 5.73 Å². The molecule has 0 bridgehead atoms. The van der Waals surface area contributed by atoms with Crippen molar-refractivity contribution in [1.82, 2.24) is 0 Å². The minimum absolute atomic E-state index is 0.305. The van der Waals surface area contributed by atoms with E-state index in [2.05, 4.69) is 31.9 Å². The van der Waals surface area contributed by atoms with Crippen molar-refractivity contribution in [2.45, 2.75) is 6.04 Å². The number of rotatable bonds is 2. The van der Waals surface area contributed by atoms with Crippen LogP contribution in [0.1, 0.15) is 16.5 Å². The lowest BCUT2D eigenvalue weighted by Gasteiger charge is -2.12. The van der Waals surface area contributed by atoms with Crippen LogP contribution in [0.25, 0.3) is 0 Å². The second-order valence-electron chi connectivity index (χ2n) is 3.41. The Bertz CT molecular complexity index is 539. The van der Waals surface area contributed by atoms with Gasteiger partial charge in [-0.1, -0.05) is 27.5 Å². The van der Waals surface area contributed by atoms with Gasteiger partial charge in [0.2, 0.25) is 0 Å². The number of benzene rings is 1. The highest BCUT2D eigenvalue weighted by molar-refractivity contribution is 9.10. The monoisotopic (exact) mass is 397 g/mol. The van der Waals surface area contributed by atoms with Gasteiger partial charge in [-0.3, -0.25) is 0 Å². The number of halogens is 4. The van der Waals surface area contributed by atoms with Gasteiger partial charge in [-0.15, -0.1) is 11.3 Å². The van der Waals surface area contributed by atoms with Crippen molar-refractivity contribution in [2.24, 2.45) is 5.73 Å². The molecule has 2 N–H and O–H groups in total. The Hall–Kier alpha value is 0.0600. The summed E-state index contributed by atoms with van der Waals surface area (Å²) >= 11 is 14.0. The lowest BCUT2D eigenvalue weighted by molar-refractivity contribution is 0.623. The van der Waals surface area contributed by atoms with Crippen molar-refractivity contribution >= 4 is 54.8 Å². The van der Waals surface area contributed by atoms with Gasteiger partial charge in [0.1, 0.15) is 10.2 Å². The van der Waals surface area contributed by atoms with Crippen molar-refractivity contribution in [2.75, 3.05) is 0 Å². The summed E-state index contributed by atoms with van der Waals surface area (Å²) < 4.78 is 15.4. The maximum Gasteiger partial charge on any atom is 0.123 e. The normalized spacial score (nSPS) is 12.8. The highest BCUT2D eigenvalue weighted by Crippen LogP contribution is 2.38. The Morgan fingerprint density at radius 3 is 2.53 bits per heavy atom. The van der Waals surface area contributed by atoms with E-state index in [0.29, 0.717) is 9.90 Å². The molecule has 0 aliphatic carbocycles. The molecule has 0 fully saturated rings. The summed E-state index contributed by atoms with van der Waals surface area (Å²) in [5, 5.41) is 0. The molecular formula is C11H7Br2ClFNS. The van der Waals surface area contributed by atoms with Crippen LogP contribution in [0.2, 0.25) is 4.34 Å². The molecule has 0 aliphatic heterocycles. The number of nitrogens with two attached hydrogens (primary N) is 1. The highest BCUT2D eigenvalue weighted by atomic mass is 79.9. The SMILES string of the molecule is NC(c1cc(Br)c(Cl)s1)c1cc(F)ccc1Br. The first-order valence-electron chi connectivity index (χ1n) is 4.64. The fraction of sp³-hybridized carbons (Fsp3) is 0.0909. The summed E-state index contributed by atoms with van der Waals surface area (Å²) in [5.74, 6) is -0.305. The molecule has 1 nitrogen and oxygen atoms in total. The van der Waals surface area contributed by atoms with Gasteiger partial charge in [0.15, 0.2) is 0 Å². The van der Waals surface area contributed by atoms with Gasteiger partial charge in [0.25, 0.3) is 0 Å². The van der Waals surface area contributed by atoms with Crippen LogP contribution in [0.4, 0.5) is 4.39 Å². The third-order valence-corrected chi connectivity index (χ3v) is 5.54. The summed E-state index contributed by atoms with van der Waals surface area (Å²) in [6.07, 6.45) is 0. The fourth-order valence-electron chi connectivity index (χ4n) is 1.42. The Kier molecular flexibility index (Phi) is 4.26. The topological polar surface area (TPSA) is 26.0 Å². The zero-order valence-corrected chi connectivity index (χ0v) is 13.1. The largest absolute Gasteiger partial charge is 0.320 e. The average molecular weight is 400 g/mol. The molecule has 90 valence electrons. The molecule has 0 spiro atoms. The summed E-state index contributed by atoms with van der Waals surface area (Å²) in [5.41, 5.74) is 6.81. The van der Waals surface area contributed by atoms with Gasteiger partial charge in [0, 0.05) is 13.8 Å². The molecule has 0 aliphatic rings. The van der Waals surface area contributed by atoms with Crippen LogP contribution in [0, 0.1) is 5.82 Å². The van der Waals surface area contributed by atoms with Gasteiger partial charge < -0.3 is 5.73 Å². The molecule has 0 saturated carbocycles. The Morgan fingerprint density at radius 1 is 1.24 bits per heavy atom. The van der Waals surface area contributed by atoms with Gasteiger partial charge >= 0.3 is 0 Å². The third-order valence-electron chi connectivity index (χ3n) is 2.26. The van der Waals surface area contributed by atoms with E-state index in [9.17, 15) is 4.39 Å². The Labute approximate surface area is 124 Å². The molecule has 17 heavy (non-hydrogen) atoms. The maximum atomic E-state index is 13.2. The van der Waals surface area contributed by atoms with E-state index in [1.807, 2.05) is 6.07 Å². The lowest BCUT2D eigenvalue weighted by atomic mass is 10.1. The highest BCUT2D eigenvalue weighted by Gasteiger charge is 2.17. The van der Waals surface area contributed by atoms with Gasteiger partial charge in [-0.25, -0.2) is 4.39 Å². The summed E-state index contributed by atoms with van der Waals surface area (Å²) in [4.78, 5) is 0.883. The molecule has 1 unspecified atom stereocenters. The standard InChI is InChI=1S/C11H7Br2ClFNS/c12-7-2-1-5(15)3-6(7)10(16)9-4-8(13)11(14)17-9/h1-4,10H,16H2. The molecule has 0 amide bonds. The van der Waals surface area contributed by atoms with Crippen LogP contribution in [0.15, 0.2) is 33.2 Å². The van der Waals surface area contributed by atoms with Crippen molar-refractivity contribution in [3.05, 3.63) is 53.8 Å². The van der Waals surface area contributed by atoms with E-state index in [-0.39, 0.29) is 5.82 Å². The minimum Gasteiger partial charge on any atom is -0.320 e. The summed E-state index contributed by atoms with van der Waals surface area (Å²) in [6.45, 7) is 0. The Morgan fingerprint density at radius 2 is 1.94 bits per heavy atom. The predicted molar refractivity (Wildman–Crippen MR) is 77.2 cm³/mol. The maximum absolute atomic E-state index is 13.2. The van der Waals surface area contributed by atoms with Crippen molar-refractivity contribution in [3.8, 4) is 0 Å². The van der Waals surface area contributed by atoms with Gasteiger partial charge in [-0.05, 0) is 45.8 Å². The third kappa shape index (κ3) is 2.90. The van der Waals surface area contributed by atoms with E-state index in [1.165, 1.54) is 23.5 Å². The summed E-state index contributed by atoms with van der Waals surface area (Å²) in [7, 11) is 0.